The van der Waals surface area contributed by atoms with Gasteiger partial charge in [-0.1, -0.05) is 0 Å². The quantitative estimate of drug-likeness (QED) is 0.825. The lowest BCUT2D eigenvalue weighted by atomic mass is 10.1. The lowest BCUT2D eigenvalue weighted by Crippen LogP contribution is -2.15. The van der Waals surface area contributed by atoms with Crippen LogP contribution in [0.2, 0.25) is 0 Å². The Kier molecular flexibility index (Phi) is 3.62. The normalized spacial score (nSPS) is 9.85. The fourth-order valence-corrected chi connectivity index (χ4v) is 1.60. The number of hydrogen-bond acceptors (Lipinski definition) is 3. The summed E-state index contributed by atoms with van der Waals surface area (Å²) in [6.07, 6.45) is 0. The number of benzene rings is 2. The highest BCUT2D eigenvalue weighted by molar-refractivity contribution is 6.05. The van der Waals surface area contributed by atoms with Crippen LogP contribution in [0.5, 0.6) is 0 Å². The lowest BCUT2D eigenvalue weighted by molar-refractivity contribution is 0.102. The van der Waals surface area contributed by atoms with Crippen LogP contribution in [0.3, 0.4) is 0 Å². The van der Waals surface area contributed by atoms with Crippen LogP contribution in [0.25, 0.3) is 0 Å². The number of nitrogens with one attached hydrogen (secondary N) is 1. The van der Waals surface area contributed by atoms with Gasteiger partial charge in [0.2, 0.25) is 0 Å². The van der Waals surface area contributed by atoms with E-state index in [9.17, 15) is 13.6 Å². The maximum absolute atomic E-state index is 13.7. The van der Waals surface area contributed by atoms with Gasteiger partial charge in [0.25, 0.3) is 5.91 Å². The molecule has 20 heavy (non-hydrogen) atoms. The van der Waals surface area contributed by atoms with Gasteiger partial charge in [-0.15, -0.1) is 0 Å². The molecule has 3 N–H and O–H groups in total. The van der Waals surface area contributed by atoms with Crippen molar-refractivity contribution in [3.8, 4) is 6.07 Å². The Balaban J connectivity index is 2.26. The maximum atomic E-state index is 13.7. The van der Waals surface area contributed by atoms with Gasteiger partial charge < -0.3 is 11.1 Å². The van der Waals surface area contributed by atoms with Crippen molar-refractivity contribution in [3.05, 3.63) is 59.2 Å². The molecule has 0 saturated heterocycles. The van der Waals surface area contributed by atoms with Crippen molar-refractivity contribution in [1.82, 2.24) is 0 Å². The predicted molar refractivity (Wildman–Crippen MR) is 69.9 cm³/mol. The second kappa shape index (κ2) is 5.36. The molecule has 6 heteroatoms. The van der Waals surface area contributed by atoms with Crippen molar-refractivity contribution in [2.75, 3.05) is 11.1 Å². The summed E-state index contributed by atoms with van der Waals surface area (Å²) >= 11 is 0. The number of anilines is 2. The number of amides is 1. The van der Waals surface area contributed by atoms with Gasteiger partial charge in [0, 0.05) is 5.69 Å². The van der Waals surface area contributed by atoms with Crippen molar-refractivity contribution in [1.29, 1.82) is 5.26 Å². The molecular weight excluding hydrogens is 264 g/mol. The number of nitrogens with zero attached hydrogens (tertiary/aromatic N) is 1. The van der Waals surface area contributed by atoms with Crippen molar-refractivity contribution in [2.24, 2.45) is 0 Å². The zero-order chi connectivity index (χ0) is 14.7. The largest absolute Gasteiger partial charge is 0.396 e. The number of rotatable bonds is 2. The van der Waals surface area contributed by atoms with Gasteiger partial charge in [-0.25, -0.2) is 8.78 Å². The first kappa shape index (κ1) is 13.5. The molecule has 100 valence electrons. The zero-order valence-electron chi connectivity index (χ0n) is 10.2. The third kappa shape index (κ3) is 2.72. The molecule has 0 radical (unpaired) electrons. The summed E-state index contributed by atoms with van der Waals surface area (Å²) in [6, 6.07) is 9.44. The number of nitrogens with two attached hydrogens (primary N) is 1. The molecule has 0 aromatic heterocycles. The summed E-state index contributed by atoms with van der Waals surface area (Å²) in [5, 5.41) is 11.0. The Morgan fingerprint density at radius 2 is 1.85 bits per heavy atom. The molecule has 2 aromatic rings. The van der Waals surface area contributed by atoms with E-state index >= 15 is 0 Å². The van der Waals surface area contributed by atoms with E-state index in [0.717, 1.165) is 12.1 Å². The van der Waals surface area contributed by atoms with E-state index in [1.165, 1.54) is 24.3 Å². The molecule has 1 amide bonds. The van der Waals surface area contributed by atoms with E-state index in [0.29, 0.717) is 11.3 Å². The smallest absolute Gasteiger partial charge is 0.258 e. The van der Waals surface area contributed by atoms with Crippen LogP contribution in [-0.2, 0) is 0 Å². The van der Waals surface area contributed by atoms with E-state index in [2.05, 4.69) is 5.32 Å². The van der Waals surface area contributed by atoms with Crippen LogP contribution in [-0.4, -0.2) is 5.91 Å². The molecular formula is C14H9F2N3O. The van der Waals surface area contributed by atoms with Crippen LogP contribution in [0.4, 0.5) is 20.2 Å². The number of halogens is 2. The first-order valence-electron chi connectivity index (χ1n) is 5.57. The Morgan fingerprint density at radius 3 is 2.45 bits per heavy atom. The molecule has 2 rings (SSSR count). The Morgan fingerprint density at radius 1 is 1.20 bits per heavy atom. The molecule has 0 spiro atoms. The van der Waals surface area contributed by atoms with Gasteiger partial charge in [-0.3, -0.25) is 4.79 Å². The van der Waals surface area contributed by atoms with Crippen molar-refractivity contribution in [2.45, 2.75) is 0 Å². The molecule has 0 aliphatic carbocycles. The van der Waals surface area contributed by atoms with Crippen LogP contribution in [0.1, 0.15) is 15.9 Å². The summed E-state index contributed by atoms with van der Waals surface area (Å²) < 4.78 is 26.8. The highest BCUT2D eigenvalue weighted by Crippen LogP contribution is 2.19. The summed E-state index contributed by atoms with van der Waals surface area (Å²) in [5.74, 6) is -2.59. The second-order valence-electron chi connectivity index (χ2n) is 4.00. The fourth-order valence-electron chi connectivity index (χ4n) is 1.60. The molecule has 0 aliphatic rings. The highest BCUT2D eigenvalue weighted by Gasteiger charge is 2.16. The Labute approximate surface area is 113 Å². The molecule has 4 nitrogen and oxygen atoms in total. The Bertz CT molecular complexity index is 706. The zero-order valence-corrected chi connectivity index (χ0v) is 10.2. The summed E-state index contributed by atoms with van der Waals surface area (Å²) in [5.41, 5.74) is 5.12. The average molecular weight is 273 g/mol. The monoisotopic (exact) mass is 273 g/mol. The molecule has 0 bridgehead atoms. The van der Waals surface area contributed by atoms with E-state index < -0.39 is 28.8 Å². The molecule has 2 aromatic carbocycles. The maximum Gasteiger partial charge on any atom is 0.258 e. The van der Waals surface area contributed by atoms with Gasteiger partial charge in [0.05, 0.1) is 22.9 Å². The number of hydrogen-bond donors (Lipinski definition) is 2. The number of carbonyl (C=O) groups is 1. The molecule has 0 fully saturated rings. The third-order valence-corrected chi connectivity index (χ3v) is 2.58. The number of nitrogen functional groups attached to an aromatic ring is 1. The van der Waals surface area contributed by atoms with Crippen molar-refractivity contribution in [3.63, 3.8) is 0 Å². The van der Waals surface area contributed by atoms with Gasteiger partial charge in [-0.05, 0) is 36.4 Å². The van der Waals surface area contributed by atoms with Crippen molar-refractivity contribution < 1.29 is 13.6 Å². The van der Waals surface area contributed by atoms with E-state index in [4.69, 9.17) is 11.0 Å². The minimum Gasteiger partial charge on any atom is -0.396 e. The molecule has 0 heterocycles. The molecule has 0 unspecified atom stereocenters. The van der Waals surface area contributed by atoms with Crippen LogP contribution in [0, 0.1) is 23.0 Å². The predicted octanol–water partition coefficient (Wildman–Crippen LogP) is 2.67. The number of carbonyl (C=O) groups excluding carboxylic acids is 1. The standard InChI is InChI=1S/C14H9F2N3O/c15-9-5-11(13(16)12(18)6-9)14(20)19-10-3-1-8(7-17)2-4-10/h1-6H,18H2,(H,19,20). The summed E-state index contributed by atoms with van der Waals surface area (Å²) in [4.78, 5) is 11.9. The SMILES string of the molecule is N#Cc1ccc(NC(=O)c2cc(F)cc(N)c2F)cc1. The first-order chi connectivity index (χ1) is 9.51. The van der Waals surface area contributed by atoms with Crippen molar-refractivity contribution >= 4 is 17.3 Å². The minimum atomic E-state index is -0.974. The fraction of sp³-hybridized carbons (Fsp3) is 0. The topological polar surface area (TPSA) is 78.9 Å². The van der Waals surface area contributed by atoms with E-state index in [1.807, 2.05) is 6.07 Å². The van der Waals surface area contributed by atoms with E-state index in [-0.39, 0.29) is 0 Å². The van der Waals surface area contributed by atoms with E-state index in [1.54, 1.807) is 0 Å². The molecule has 0 saturated carbocycles. The van der Waals surface area contributed by atoms with Gasteiger partial charge in [0.15, 0.2) is 5.82 Å². The summed E-state index contributed by atoms with van der Waals surface area (Å²) in [6.45, 7) is 0. The molecule has 0 atom stereocenters. The third-order valence-electron chi connectivity index (χ3n) is 2.58. The van der Waals surface area contributed by atoms with Crippen LogP contribution < -0.4 is 11.1 Å². The number of nitriles is 1. The lowest BCUT2D eigenvalue weighted by Gasteiger charge is -2.07. The molecule has 0 aliphatic heterocycles. The summed E-state index contributed by atoms with van der Waals surface area (Å²) in [7, 11) is 0. The van der Waals surface area contributed by atoms with Gasteiger partial charge >= 0.3 is 0 Å². The van der Waals surface area contributed by atoms with Gasteiger partial charge in [-0.2, -0.15) is 5.26 Å². The highest BCUT2D eigenvalue weighted by atomic mass is 19.1. The van der Waals surface area contributed by atoms with Crippen LogP contribution >= 0.6 is 0 Å². The van der Waals surface area contributed by atoms with Crippen LogP contribution in [0.15, 0.2) is 36.4 Å². The average Bonchev–Trinajstić information content (AvgIpc) is 2.43. The van der Waals surface area contributed by atoms with Gasteiger partial charge in [0.1, 0.15) is 5.82 Å². The minimum absolute atomic E-state index is 0.358. The first-order valence-corrected chi connectivity index (χ1v) is 5.57. The Hall–Kier alpha value is -2.94. The second-order valence-corrected chi connectivity index (χ2v) is 4.00.